The lowest BCUT2D eigenvalue weighted by atomic mass is 10.0. The van der Waals surface area contributed by atoms with E-state index < -0.39 is 98.8 Å². The first-order chi connectivity index (χ1) is 37.4. The van der Waals surface area contributed by atoms with Crippen LogP contribution in [0.3, 0.4) is 0 Å². The van der Waals surface area contributed by atoms with Crippen molar-refractivity contribution in [1.29, 1.82) is 0 Å². The number of carboxylic acid groups (broad SMARTS) is 1. The zero-order valence-corrected chi connectivity index (χ0v) is 46.8. The molecule has 1 aliphatic heterocycles. The van der Waals surface area contributed by atoms with Crippen LogP contribution in [0, 0.1) is 41.5 Å². The number of amides is 4. The molecule has 1 aliphatic rings. The van der Waals surface area contributed by atoms with Crippen molar-refractivity contribution in [3.63, 3.8) is 0 Å². The normalized spacial score (nSPS) is 15.2. The number of carboxylic acids is 1. The van der Waals surface area contributed by atoms with E-state index in [1.54, 1.807) is 108 Å². The zero-order valence-electron chi connectivity index (χ0n) is 45.2. The van der Waals surface area contributed by atoms with Crippen molar-refractivity contribution in [2.24, 2.45) is 16.5 Å². The van der Waals surface area contributed by atoms with Gasteiger partial charge in [0.2, 0.25) is 39.6 Å². The standard InChI is InChI=1S/C50H65N9O12S2.C2HF3O2/c1-29-21-41(69-7)31(3)33(5)45(29)72(65,66)55-25-35-16-18-36(19-17-35)27-59-40(24-51)48(63)57-39(49(59)64)23-43(60)56-38(47(62)54-26-44(61)71-28-37-13-10-9-11-14-37)15-12-20-53-50(52)58-73(67,68)46-30(2)22-42(70-8)32(4)34(46)6;3-2(4,5)1(6)7/h9-11,13-14,16-19,21-22,38-40,55H,12,15,20,23-28,51H2,1-8H3,(H,54,62)(H,56,60)(H,57,63)(H3,52,53,58);(H,6,7)/t38-,39+,40-;/m0./s1. The topological polar surface area (TPSA) is 346 Å². The third-order valence-electron chi connectivity index (χ3n) is 12.7. The van der Waals surface area contributed by atoms with Gasteiger partial charge in [-0.1, -0.05) is 54.6 Å². The van der Waals surface area contributed by atoms with Crippen LogP contribution < -0.4 is 46.3 Å². The summed E-state index contributed by atoms with van der Waals surface area (Å²) in [5.41, 5.74) is 17.2. The minimum atomic E-state index is -5.08. The second-order valence-corrected chi connectivity index (χ2v) is 21.7. The monoisotopic (exact) mass is 1160 g/mol. The van der Waals surface area contributed by atoms with Crippen molar-refractivity contribution in [1.82, 2.24) is 30.3 Å². The van der Waals surface area contributed by atoms with Gasteiger partial charge in [0.15, 0.2) is 0 Å². The Balaban J connectivity index is 0.00000184. The largest absolute Gasteiger partial charge is 0.496 e. The number of aliphatic carboxylic acids is 1. The Morgan fingerprint density at radius 1 is 0.812 bits per heavy atom. The number of carbonyl (C=O) groups excluding carboxylic acids is 5. The Hall–Kier alpha value is -7.82. The molecule has 28 heteroatoms. The number of hydrogen-bond acceptors (Lipinski definition) is 15. The van der Waals surface area contributed by atoms with Crippen molar-refractivity contribution in [3.05, 3.63) is 117 Å². The maximum Gasteiger partial charge on any atom is 0.490 e. The molecule has 0 radical (unpaired) electrons. The molecule has 1 saturated heterocycles. The maximum absolute atomic E-state index is 14.0. The quantitative estimate of drug-likeness (QED) is 0.0229. The smallest absolute Gasteiger partial charge is 0.490 e. The fourth-order valence-corrected chi connectivity index (χ4v) is 11.4. The van der Waals surface area contributed by atoms with E-state index in [2.05, 4.69) is 30.4 Å². The number of nitrogens with two attached hydrogens (primary N) is 2. The molecule has 3 atom stereocenters. The number of aliphatic imine (C=N–C) groups is 1. The van der Waals surface area contributed by atoms with Crippen LogP contribution in [0.25, 0.3) is 0 Å². The van der Waals surface area contributed by atoms with Crippen molar-refractivity contribution in [2.75, 3.05) is 33.9 Å². The number of halogens is 3. The van der Waals surface area contributed by atoms with Gasteiger partial charge in [-0.15, -0.1) is 0 Å². The van der Waals surface area contributed by atoms with Gasteiger partial charge in [0.1, 0.15) is 42.8 Å². The molecule has 5 rings (SSSR count). The minimum absolute atomic E-state index is 0.0148. The number of piperazine rings is 1. The molecule has 1 heterocycles. The highest BCUT2D eigenvalue weighted by Crippen LogP contribution is 2.32. The summed E-state index contributed by atoms with van der Waals surface area (Å²) in [7, 11) is -5.09. The van der Waals surface area contributed by atoms with Crippen LogP contribution in [0.15, 0.2) is 81.5 Å². The zero-order chi connectivity index (χ0) is 59.9. The highest BCUT2D eigenvalue weighted by Gasteiger charge is 2.41. The first kappa shape index (κ1) is 64.7. The summed E-state index contributed by atoms with van der Waals surface area (Å²) in [4.78, 5) is 81.6. The molecule has 23 nitrogen and oxygen atoms in total. The Kier molecular flexibility index (Phi) is 22.9. The van der Waals surface area contributed by atoms with Gasteiger partial charge in [-0.05, 0) is 117 Å². The molecule has 0 unspecified atom stereocenters. The Bertz CT molecular complexity index is 3180. The van der Waals surface area contributed by atoms with Crippen LogP contribution in [-0.2, 0) is 73.2 Å². The number of aryl methyl sites for hydroxylation is 2. The molecule has 0 bridgehead atoms. The summed E-state index contributed by atoms with van der Waals surface area (Å²) >= 11 is 0. The van der Waals surface area contributed by atoms with E-state index in [0.29, 0.717) is 56.0 Å². The molecule has 80 heavy (non-hydrogen) atoms. The van der Waals surface area contributed by atoms with Crippen molar-refractivity contribution in [3.8, 4) is 11.5 Å². The molecule has 436 valence electrons. The van der Waals surface area contributed by atoms with Gasteiger partial charge in [-0.25, -0.2) is 31.1 Å². The number of ether oxygens (including phenoxy) is 3. The predicted octanol–water partition coefficient (Wildman–Crippen LogP) is 2.63. The molecule has 4 aromatic rings. The Morgan fingerprint density at radius 2 is 1.35 bits per heavy atom. The summed E-state index contributed by atoms with van der Waals surface area (Å²) in [5, 5.41) is 14.7. The fourth-order valence-electron chi connectivity index (χ4n) is 8.38. The molecule has 0 aromatic heterocycles. The Morgan fingerprint density at radius 3 is 1.88 bits per heavy atom. The number of nitrogens with zero attached hydrogens (tertiary/aromatic N) is 2. The average Bonchev–Trinajstić information content (AvgIpc) is 3.40. The first-order valence-corrected chi connectivity index (χ1v) is 27.5. The van der Waals surface area contributed by atoms with E-state index in [4.69, 9.17) is 35.6 Å². The van der Waals surface area contributed by atoms with Crippen LogP contribution in [0.2, 0.25) is 0 Å². The number of carbonyl (C=O) groups is 6. The summed E-state index contributed by atoms with van der Waals surface area (Å²) in [6.45, 7) is 9.17. The minimum Gasteiger partial charge on any atom is -0.496 e. The van der Waals surface area contributed by atoms with E-state index >= 15 is 0 Å². The highest BCUT2D eigenvalue weighted by atomic mass is 32.2. The molecule has 4 amide bonds. The summed E-state index contributed by atoms with van der Waals surface area (Å²) < 4.78 is 106. The maximum atomic E-state index is 14.0. The molecule has 0 spiro atoms. The van der Waals surface area contributed by atoms with Crippen molar-refractivity contribution < 1.29 is 78.1 Å². The number of alkyl halides is 3. The second-order valence-electron chi connectivity index (χ2n) is 18.4. The SMILES string of the molecule is COc1cc(C)c(S(=O)(=O)NCc2ccc(CN3C(=O)[C@@H](CC(=O)N[C@@H](CCCN=C(N)NS(=O)(=O)c4c(C)cc(OC)c(C)c4C)C(=O)NCC(=O)OCc4ccccc4)NC(=O)[C@@H]3CN)cc2)c(C)c1C.O=C(O)C(F)(F)F. The molecule has 0 aliphatic carbocycles. The predicted molar refractivity (Wildman–Crippen MR) is 286 cm³/mol. The molecule has 4 aromatic carbocycles. The Labute approximate surface area is 461 Å². The number of benzene rings is 4. The number of guanidine groups is 1. The summed E-state index contributed by atoms with van der Waals surface area (Å²) in [6, 6.07) is 15.2. The number of methoxy groups -OCH3 is 2. The average molecular weight is 1160 g/mol. The third-order valence-corrected chi connectivity index (χ3v) is 16.0. The lowest BCUT2D eigenvalue weighted by Gasteiger charge is -2.38. The van der Waals surface area contributed by atoms with Crippen LogP contribution in [0.4, 0.5) is 13.2 Å². The first-order valence-electron chi connectivity index (χ1n) is 24.5. The van der Waals surface area contributed by atoms with E-state index in [1.807, 2.05) is 0 Å². The van der Waals surface area contributed by atoms with Gasteiger partial charge in [0, 0.05) is 26.2 Å². The van der Waals surface area contributed by atoms with Crippen molar-refractivity contribution >= 4 is 61.6 Å². The third kappa shape index (κ3) is 17.6. The summed E-state index contributed by atoms with van der Waals surface area (Å²) in [5.74, 6) is -5.61. The molecule has 10 N–H and O–H groups in total. The molecule has 1 fully saturated rings. The van der Waals surface area contributed by atoms with Gasteiger partial charge in [0.05, 0.1) is 30.4 Å². The lowest BCUT2D eigenvalue weighted by Crippen LogP contribution is -2.65. The lowest BCUT2D eigenvalue weighted by molar-refractivity contribution is -0.192. The number of sulfonamides is 2. The second kappa shape index (κ2) is 28.4. The van der Waals surface area contributed by atoms with Gasteiger partial charge in [-0.3, -0.25) is 29.0 Å². The van der Waals surface area contributed by atoms with Gasteiger partial charge >= 0.3 is 18.1 Å². The van der Waals surface area contributed by atoms with Crippen LogP contribution >= 0.6 is 0 Å². The highest BCUT2D eigenvalue weighted by molar-refractivity contribution is 7.90. The van der Waals surface area contributed by atoms with E-state index in [0.717, 1.165) is 5.56 Å². The van der Waals surface area contributed by atoms with Gasteiger partial charge < -0.3 is 51.6 Å². The van der Waals surface area contributed by atoms with Crippen molar-refractivity contribution in [2.45, 2.75) is 115 Å². The number of nitrogens with one attached hydrogen (secondary N) is 5. The van der Waals surface area contributed by atoms with E-state index in [1.165, 1.54) is 19.1 Å². The van der Waals surface area contributed by atoms with E-state index in [9.17, 15) is 54.0 Å². The van der Waals surface area contributed by atoms with Crippen LogP contribution in [-0.4, -0.2) is 127 Å². The number of esters is 1. The summed E-state index contributed by atoms with van der Waals surface area (Å²) in [6.07, 6.45) is -5.67. The fraction of sp³-hybridized carbons (Fsp3) is 0.404. The van der Waals surface area contributed by atoms with E-state index in [-0.39, 0.29) is 55.4 Å². The molecular formula is C52H66F3N9O14S2. The van der Waals surface area contributed by atoms with Gasteiger partial charge in [-0.2, -0.15) is 13.2 Å². The van der Waals surface area contributed by atoms with Gasteiger partial charge in [0.25, 0.3) is 10.0 Å². The molecular weight excluding hydrogens is 1100 g/mol. The number of hydrogen-bond donors (Lipinski definition) is 8. The van der Waals surface area contributed by atoms with Crippen LogP contribution in [0.1, 0.15) is 69.3 Å². The number of rotatable bonds is 23. The van der Waals surface area contributed by atoms with Crippen LogP contribution in [0.5, 0.6) is 11.5 Å². The molecule has 0 saturated carbocycles.